The summed E-state index contributed by atoms with van der Waals surface area (Å²) in [5.41, 5.74) is 0. The van der Waals surface area contributed by atoms with Crippen LogP contribution in [0.15, 0.2) is 0 Å². The van der Waals surface area contributed by atoms with Gasteiger partial charge in [-0.3, -0.25) is 0 Å². The standard InChI is InChI=1S/C14H29NO4/c1-13(16)14-3-5-15(6-4-14)7-8-18-11-12-19-10-9-17-2/h13-14,16H,3-12H2,1-2H3. The first kappa shape index (κ1) is 16.9. The number of nitrogens with zero attached hydrogens (tertiary/aromatic N) is 1. The van der Waals surface area contributed by atoms with Crippen molar-refractivity contribution in [1.29, 1.82) is 0 Å². The van der Waals surface area contributed by atoms with Crippen LogP contribution >= 0.6 is 0 Å². The summed E-state index contributed by atoms with van der Waals surface area (Å²) in [5.74, 6) is 0.478. The number of hydrogen-bond donors (Lipinski definition) is 1. The van der Waals surface area contributed by atoms with Crippen LogP contribution in [0.2, 0.25) is 0 Å². The summed E-state index contributed by atoms with van der Waals surface area (Å²) in [4.78, 5) is 2.41. The summed E-state index contributed by atoms with van der Waals surface area (Å²) >= 11 is 0. The quantitative estimate of drug-likeness (QED) is 0.597. The zero-order valence-corrected chi connectivity index (χ0v) is 12.3. The van der Waals surface area contributed by atoms with Crippen molar-refractivity contribution in [3.8, 4) is 0 Å². The Kier molecular flexibility index (Phi) is 9.38. The Balaban J connectivity index is 1.88. The maximum Gasteiger partial charge on any atom is 0.0701 e. The Hall–Kier alpha value is -0.200. The first-order chi connectivity index (χ1) is 9.24. The normalized spacial score (nSPS) is 19.7. The number of piperidine rings is 1. The van der Waals surface area contributed by atoms with E-state index in [-0.39, 0.29) is 6.10 Å². The van der Waals surface area contributed by atoms with E-state index in [2.05, 4.69) is 4.90 Å². The molecule has 19 heavy (non-hydrogen) atoms. The number of hydrogen-bond acceptors (Lipinski definition) is 5. The molecule has 1 atom stereocenters. The van der Waals surface area contributed by atoms with Gasteiger partial charge in [-0.05, 0) is 38.8 Å². The van der Waals surface area contributed by atoms with E-state index in [1.54, 1.807) is 7.11 Å². The smallest absolute Gasteiger partial charge is 0.0701 e. The number of likely N-dealkylation sites (tertiary alicyclic amines) is 1. The molecule has 1 heterocycles. The van der Waals surface area contributed by atoms with Gasteiger partial charge in [0.2, 0.25) is 0 Å². The van der Waals surface area contributed by atoms with E-state index < -0.39 is 0 Å². The average molecular weight is 275 g/mol. The molecule has 1 aliphatic rings. The molecule has 0 aliphatic carbocycles. The summed E-state index contributed by atoms with van der Waals surface area (Å²) in [6, 6.07) is 0. The predicted octanol–water partition coefficient (Wildman–Crippen LogP) is 0.759. The van der Waals surface area contributed by atoms with Crippen LogP contribution in [-0.2, 0) is 14.2 Å². The van der Waals surface area contributed by atoms with Crippen LogP contribution < -0.4 is 0 Å². The fraction of sp³-hybridized carbons (Fsp3) is 1.00. The Labute approximate surface area is 116 Å². The molecule has 0 spiro atoms. The van der Waals surface area contributed by atoms with Crippen molar-refractivity contribution in [2.45, 2.75) is 25.9 Å². The van der Waals surface area contributed by atoms with Gasteiger partial charge in [0.05, 0.1) is 39.1 Å². The first-order valence-electron chi connectivity index (χ1n) is 7.29. The fourth-order valence-electron chi connectivity index (χ4n) is 2.32. The number of methoxy groups -OCH3 is 1. The van der Waals surface area contributed by atoms with E-state index in [9.17, 15) is 5.11 Å². The van der Waals surface area contributed by atoms with Crippen LogP contribution in [0.4, 0.5) is 0 Å². The SMILES string of the molecule is COCCOCCOCCN1CCC(C(C)O)CC1. The van der Waals surface area contributed by atoms with Gasteiger partial charge in [0, 0.05) is 13.7 Å². The topological polar surface area (TPSA) is 51.2 Å². The molecule has 0 amide bonds. The fourth-order valence-corrected chi connectivity index (χ4v) is 2.32. The van der Waals surface area contributed by atoms with Crippen LogP contribution in [0.3, 0.4) is 0 Å². The minimum absolute atomic E-state index is 0.164. The molecule has 1 saturated heterocycles. The molecule has 0 bridgehead atoms. The highest BCUT2D eigenvalue weighted by molar-refractivity contribution is 4.75. The van der Waals surface area contributed by atoms with E-state index in [0.29, 0.717) is 32.3 Å². The summed E-state index contributed by atoms with van der Waals surface area (Å²) in [5, 5.41) is 9.53. The minimum Gasteiger partial charge on any atom is -0.393 e. The molecule has 1 N–H and O–H groups in total. The van der Waals surface area contributed by atoms with Crippen LogP contribution in [0.1, 0.15) is 19.8 Å². The zero-order chi connectivity index (χ0) is 13.9. The Bertz CT molecular complexity index is 206. The maximum atomic E-state index is 9.53. The molecule has 114 valence electrons. The second-order valence-corrected chi connectivity index (χ2v) is 5.14. The maximum absolute atomic E-state index is 9.53. The molecule has 0 aromatic carbocycles. The number of rotatable bonds is 10. The zero-order valence-electron chi connectivity index (χ0n) is 12.3. The molecule has 1 unspecified atom stereocenters. The van der Waals surface area contributed by atoms with Crippen molar-refractivity contribution in [1.82, 2.24) is 4.90 Å². The van der Waals surface area contributed by atoms with Gasteiger partial charge in [-0.15, -0.1) is 0 Å². The molecule has 1 fully saturated rings. The average Bonchev–Trinajstić information content (AvgIpc) is 2.42. The second-order valence-electron chi connectivity index (χ2n) is 5.14. The predicted molar refractivity (Wildman–Crippen MR) is 74.4 cm³/mol. The molecule has 1 aliphatic heterocycles. The molecule has 5 nitrogen and oxygen atoms in total. The van der Waals surface area contributed by atoms with Crippen LogP contribution in [0, 0.1) is 5.92 Å². The second kappa shape index (κ2) is 10.6. The summed E-state index contributed by atoms with van der Waals surface area (Å²) < 4.78 is 15.7. The van der Waals surface area contributed by atoms with Crippen molar-refractivity contribution < 1.29 is 19.3 Å². The molecule has 0 saturated carbocycles. The lowest BCUT2D eigenvalue weighted by Crippen LogP contribution is -2.38. The third-order valence-electron chi connectivity index (χ3n) is 3.67. The summed E-state index contributed by atoms with van der Waals surface area (Å²) in [7, 11) is 1.67. The van der Waals surface area contributed by atoms with Gasteiger partial charge in [-0.2, -0.15) is 0 Å². The van der Waals surface area contributed by atoms with Gasteiger partial charge >= 0.3 is 0 Å². The Morgan fingerprint density at radius 1 is 1.05 bits per heavy atom. The van der Waals surface area contributed by atoms with Crippen molar-refractivity contribution in [3.05, 3.63) is 0 Å². The number of aliphatic hydroxyl groups is 1. The summed E-state index contributed by atoms with van der Waals surface area (Å²) in [6.45, 7) is 8.32. The Morgan fingerprint density at radius 2 is 1.63 bits per heavy atom. The summed E-state index contributed by atoms with van der Waals surface area (Å²) in [6.07, 6.45) is 2.03. The van der Waals surface area contributed by atoms with Crippen LogP contribution in [0.5, 0.6) is 0 Å². The molecule has 5 heteroatoms. The molecule has 0 aromatic heterocycles. The van der Waals surface area contributed by atoms with E-state index in [0.717, 1.165) is 39.1 Å². The molecular formula is C14H29NO4. The van der Waals surface area contributed by atoms with Gasteiger partial charge in [-0.25, -0.2) is 0 Å². The first-order valence-corrected chi connectivity index (χ1v) is 7.29. The van der Waals surface area contributed by atoms with E-state index >= 15 is 0 Å². The highest BCUT2D eigenvalue weighted by atomic mass is 16.5. The number of ether oxygens (including phenoxy) is 3. The van der Waals surface area contributed by atoms with E-state index in [1.165, 1.54) is 0 Å². The molecule has 0 radical (unpaired) electrons. The van der Waals surface area contributed by atoms with Crippen molar-refractivity contribution >= 4 is 0 Å². The Morgan fingerprint density at radius 3 is 2.21 bits per heavy atom. The van der Waals surface area contributed by atoms with Gasteiger partial charge in [0.1, 0.15) is 0 Å². The van der Waals surface area contributed by atoms with Crippen molar-refractivity contribution in [2.24, 2.45) is 5.92 Å². The largest absolute Gasteiger partial charge is 0.393 e. The minimum atomic E-state index is -0.164. The van der Waals surface area contributed by atoms with Gasteiger partial charge < -0.3 is 24.2 Å². The molecule has 1 rings (SSSR count). The lowest BCUT2D eigenvalue weighted by atomic mass is 9.92. The van der Waals surface area contributed by atoms with Gasteiger partial charge in [-0.1, -0.05) is 0 Å². The monoisotopic (exact) mass is 275 g/mol. The third-order valence-corrected chi connectivity index (χ3v) is 3.67. The molecule has 0 aromatic rings. The van der Waals surface area contributed by atoms with E-state index in [1.807, 2.05) is 6.92 Å². The van der Waals surface area contributed by atoms with E-state index in [4.69, 9.17) is 14.2 Å². The molecular weight excluding hydrogens is 246 g/mol. The van der Waals surface area contributed by atoms with Gasteiger partial charge in [0.25, 0.3) is 0 Å². The highest BCUT2D eigenvalue weighted by Crippen LogP contribution is 2.19. The third kappa shape index (κ3) is 7.84. The number of aliphatic hydroxyl groups excluding tert-OH is 1. The highest BCUT2D eigenvalue weighted by Gasteiger charge is 2.21. The van der Waals surface area contributed by atoms with Crippen molar-refractivity contribution in [3.63, 3.8) is 0 Å². The lowest BCUT2D eigenvalue weighted by Gasteiger charge is -2.33. The van der Waals surface area contributed by atoms with Gasteiger partial charge in [0.15, 0.2) is 0 Å². The van der Waals surface area contributed by atoms with Crippen LogP contribution in [0.25, 0.3) is 0 Å². The lowest BCUT2D eigenvalue weighted by molar-refractivity contribution is 0.0137. The van der Waals surface area contributed by atoms with Crippen LogP contribution in [-0.4, -0.2) is 75.9 Å². The van der Waals surface area contributed by atoms with Crippen molar-refractivity contribution in [2.75, 3.05) is 59.8 Å².